The second-order valence-electron chi connectivity index (χ2n) is 4.26. The van der Waals surface area contributed by atoms with Crippen LogP contribution in [0.2, 0.25) is 0 Å². The Balaban J connectivity index is 2.45. The van der Waals surface area contributed by atoms with Gasteiger partial charge in [-0.05, 0) is 12.1 Å². The number of hydrazine groups is 1. The first-order chi connectivity index (χ1) is 10.4. The third kappa shape index (κ3) is 5.45. The minimum atomic E-state index is -0.552. The molecule has 0 aliphatic carbocycles. The molecule has 0 bridgehead atoms. The molecule has 1 rings (SSSR count). The summed E-state index contributed by atoms with van der Waals surface area (Å²) >= 11 is 0. The molecule has 116 valence electrons. The van der Waals surface area contributed by atoms with Gasteiger partial charge in [-0.15, -0.1) is 6.58 Å². The zero-order chi connectivity index (χ0) is 16.5. The van der Waals surface area contributed by atoms with E-state index >= 15 is 0 Å². The summed E-state index contributed by atoms with van der Waals surface area (Å²) in [4.78, 5) is 33.1. The normalized spacial score (nSPS) is 9.45. The number of hydrogen-bond acceptors (Lipinski definition) is 5. The number of nitrogens with zero attached hydrogens (tertiary/aromatic N) is 1. The molecule has 0 aromatic heterocycles. The lowest BCUT2D eigenvalue weighted by Crippen LogP contribution is -2.38. The van der Waals surface area contributed by atoms with Gasteiger partial charge in [0.15, 0.2) is 0 Å². The molecular formula is C14H16N4O4. The van der Waals surface area contributed by atoms with Crippen molar-refractivity contribution in [3.8, 4) is 0 Å². The van der Waals surface area contributed by atoms with Crippen LogP contribution < -0.4 is 16.2 Å². The first-order valence-corrected chi connectivity index (χ1v) is 6.30. The van der Waals surface area contributed by atoms with Crippen molar-refractivity contribution in [1.29, 1.82) is 0 Å². The van der Waals surface area contributed by atoms with E-state index in [-0.39, 0.29) is 23.6 Å². The van der Waals surface area contributed by atoms with Crippen molar-refractivity contribution in [3.05, 3.63) is 64.9 Å². The summed E-state index contributed by atoms with van der Waals surface area (Å²) in [6.45, 7) is 7.42. The van der Waals surface area contributed by atoms with Gasteiger partial charge in [0.1, 0.15) is 0 Å². The van der Waals surface area contributed by atoms with E-state index in [1.807, 2.05) is 0 Å². The minimum absolute atomic E-state index is 0.00557. The topological polar surface area (TPSA) is 113 Å². The molecule has 1 aromatic carbocycles. The maximum absolute atomic E-state index is 11.8. The Bertz CT molecular complexity index is 595. The van der Waals surface area contributed by atoms with Gasteiger partial charge >= 0.3 is 0 Å². The first kappa shape index (κ1) is 16.9. The standard InChI is InChI=1S/C14H16N4O4/c1-3-8-15-13(19)9-10(2)16-17-14(20)11-4-6-12(7-5-11)18(21)22/h3-7,16H,1-2,8-9H2,(H,15,19)(H,17,20). The second-order valence-corrected chi connectivity index (χ2v) is 4.26. The van der Waals surface area contributed by atoms with E-state index in [0.29, 0.717) is 12.2 Å². The molecule has 0 fully saturated rings. The minimum Gasteiger partial charge on any atom is -0.352 e. The van der Waals surface area contributed by atoms with E-state index in [1.54, 1.807) is 6.08 Å². The summed E-state index contributed by atoms with van der Waals surface area (Å²) in [5, 5.41) is 13.1. The number of nitro groups is 1. The molecular weight excluding hydrogens is 288 g/mol. The van der Waals surface area contributed by atoms with Gasteiger partial charge in [0.25, 0.3) is 11.6 Å². The van der Waals surface area contributed by atoms with Crippen molar-refractivity contribution in [1.82, 2.24) is 16.2 Å². The summed E-state index contributed by atoms with van der Waals surface area (Å²) in [7, 11) is 0. The number of carbonyl (C=O) groups is 2. The van der Waals surface area contributed by atoms with E-state index in [9.17, 15) is 19.7 Å². The second kappa shape index (κ2) is 8.20. The molecule has 0 aliphatic rings. The van der Waals surface area contributed by atoms with Gasteiger partial charge in [-0.2, -0.15) is 0 Å². The van der Waals surface area contributed by atoms with E-state index < -0.39 is 10.8 Å². The fourth-order valence-electron chi connectivity index (χ4n) is 1.44. The molecule has 0 saturated carbocycles. The van der Waals surface area contributed by atoms with Crippen molar-refractivity contribution in [2.45, 2.75) is 6.42 Å². The van der Waals surface area contributed by atoms with Gasteiger partial charge in [-0.1, -0.05) is 12.7 Å². The van der Waals surface area contributed by atoms with Crippen molar-refractivity contribution in [2.24, 2.45) is 0 Å². The van der Waals surface area contributed by atoms with E-state index in [1.165, 1.54) is 24.3 Å². The zero-order valence-electron chi connectivity index (χ0n) is 11.8. The van der Waals surface area contributed by atoms with Gasteiger partial charge in [-0.25, -0.2) is 0 Å². The Labute approximate surface area is 127 Å². The van der Waals surface area contributed by atoms with E-state index in [2.05, 4.69) is 29.3 Å². The van der Waals surface area contributed by atoms with Gasteiger partial charge < -0.3 is 10.7 Å². The average Bonchev–Trinajstić information content (AvgIpc) is 2.50. The average molecular weight is 304 g/mol. The van der Waals surface area contributed by atoms with Crippen LogP contribution in [0.4, 0.5) is 5.69 Å². The van der Waals surface area contributed by atoms with Crippen LogP contribution in [-0.4, -0.2) is 23.3 Å². The molecule has 8 heteroatoms. The monoisotopic (exact) mass is 304 g/mol. The Hall–Kier alpha value is -3.16. The van der Waals surface area contributed by atoms with Crippen molar-refractivity contribution in [2.75, 3.05) is 6.54 Å². The molecule has 0 spiro atoms. The molecule has 0 atom stereocenters. The molecule has 1 aromatic rings. The number of carbonyl (C=O) groups excluding carboxylic acids is 2. The van der Waals surface area contributed by atoms with Crippen LogP contribution in [0.25, 0.3) is 0 Å². The lowest BCUT2D eigenvalue weighted by molar-refractivity contribution is -0.384. The van der Waals surface area contributed by atoms with Gasteiger partial charge in [0.05, 0.1) is 11.3 Å². The van der Waals surface area contributed by atoms with Crippen LogP contribution in [0.3, 0.4) is 0 Å². The number of hydrogen-bond donors (Lipinski definition) is 3. The molecule has 2 amide bonds. The number of nitro benzene ring substituents is 1. The van der Waals surface area contributed by atoms with Crippen molar-refractivity contribution in [3.63, 3.8) is 0 Å². The number of nitrogens with one attached hydrogen (secondary N) is 3. The summed E-state index contributed by atoms with van der Waals surface area (Å²) < 4.78 is 0. The van der Waals surface area contributed by atoms with Crippen molar-refractivity contribution >= 4 is 17.5 Å². The molecule has 0 saturated heterocycles. The quantitative estimate of drug-likeness (QED) is 0.377. The van der Waals surface area contributed by atoms with Crippen molar-refractivity contribution < 1.29 is 14.5 Å². The van der Waals surface area contributed by atoms with Crippen LogP contribution in [0.5, 0.6) is 0 Å². The first-order valence-electron chi connectivity index (χ1n) is 6.30. The highest BCUT2D eigenvalue weighted by molar-refractivity contribution is 5.94. The largest absolute Gasteiger partial charge is 0.352 e. The highest BCUT2D eigenvalue weighted by atomic mass is 16.6. The SMILES string of the molecule is C=CCNC(=O)CC(=C)NNC(=O)c1ccc([N+](=O)[O-])cc1. The van der Waals surface area contributed by atoms with E-state index in [4.69, 9.17) is 0 Å². The zero-order valence-corrected chi connectivity index (χ0v) is 11.8. The third-order valence-corrected chi connectivity index (χ3v) is 2.51. The number of rotatable bonds is 8. The Morgan fingerprint density at radius 2 is 1.86 bits per heavy atom. The van der Waals surface area contributed by atoms with Gasteiger partial charge in [0, 0.05) is 29.9 Å². The molecule has 3 N–H and O–H groups in total. The fraction of sp³-hybridized carbons (Fsp3) is 0.143. The predicted molar refractivity (Wildman–Crippen MR) is 80.7 cm³/mol. The summed E-state index contributed by atoms with van der Waals surface area (Å²) in [5.41, 5.74) is 5.30. The third-order valence-electron chi connectivity index (χ3n) is 2.51. The lowest BCUT2D eigenvalue weighted by atomic mass is 10.2. The highest BCUT2D eigenvalue weighted by Crippen LogP contribution is 2.11. The maximum Gasteiger partial charge on any atom is 0.269 e. The summed E-state index contributed by atoms with van der Waals surface area (Å²) in [6.07, 6.45) is 1.54. The summed E-state index contributed by atoms with van der Waals surface area (Å²) in [5.74, 6) is -0.760. The maximum atomic E-state index is 11.8. The molecule has 0 heterocycles. The van der Waals surface area contributed by atoms with E-state index in [0.717, 1.165) is 0 Å². The molecule has 8 nitrogen and oxygen atoms in total. The highest BCUT2D eigenvalue weighted by Gasteiger charge is 2.10. The fourth-order valence-corrected chi connectivity index (χ4v) is 1.44. The molecule has 0 aliphatic heterocycles. The lowest BCUT2D eigenvalue weighted by Gasteiger charge is -2.10. The Morgan fingerprint density at radius 1 is 1.23 bits per heavy atom. The number of non-ortho nitro benzene ring substituents is 1. The molecule has 0 radical (unpaired) electrons. The number of benzene rings is 1. The van der Waals surface area contributed by atoms with Gasteiger partial charge in [0.2, 0.25) is 5.91 Å². The molecule has 22 heavy (non-hydrogen) atoms. The predicted octanol–water partition coefficient (Wildman–Crippen LogP) is 1.04. The Morgan fingerprint density at radius 3 is 2.41 bits per heavy atom. The van der Waals surface area contributed by atoms with Crippen LogP contribution >= 0.6 is 0 Å². The van der Waals surface area contributed by atoms with Crippen LogP contribution in [0.1, 0.15) is 16.8 Å². The van der Waals surface area contributed by atoms with Crippen LogP contribution in [0.15, 0.2) is 49.2 Å². The Kier molecular flexibility index (Phi) is 6.30. The van der Waals surface area contributed by atoms with Gasteiger partial charge in [-0.3, -0.25) is 25.1 Å². The number of amides is 2. The van der Waals surface area contributed by atoms with Crippen LogP contribution in [-0.2, 0) is 4.79 Å². The smallest absolute Gasteiger partial charge is 0.269 e. The van der Waals surface area contributed by atoms with Crippen LogP contribution in [0, 0.1) is 10.1 Å². The molecule has 0 unspecified atom stereocenters. The summed E-state index contributed by atoms with van der Waals surface area (Å²) in [6, 6.07) is 5.11.